The first kappa shape index (κ1) is 16.6. The number of hydrogen-bond acceptors (Lipinski definition) is 4. The minimum atomic E-state index is -3.11. The molecule has 1 aromatic carbocycles. The van der Waals surface area contributed by atoms with E-state index in [2.05, 4.69) is 13.8 Å². The van der Waals surface area contributed by atoms with E-state index in [1.165, 1.54) is 11.4 Å². The lowest BCUT2D eigenvalue weighted by atomic mass is 10.0. The Hall–Kier alpha value is -0.440. The number of hydrogen-bond donors (Lipinski definition) is 0. The van der Waals surface area contributed by atoms with Gasteiger partial charge >= 0.3 is 6.80 Å². The van der Waals surface area contributed by atoms with E-state index in [1.54, 1.807) is 0 Å². The quantitative estimate of drug-likeness (QED) is 0.596. The third kappa shape index (κ3) is 5.21. The van der Waals surface area contributed by atoms with E-state index >= 15 is 0 Å². The predicted molar refractivity (Wildman–Crippen MR) is 83.1 cm³/mol. The first-order valence-electron chi connectivity index (χ1n) is 6.70. The summed E-state index contributed by atoms with van der Waals surface area (Å²) in [7, 11) is 0. The van der Waals surface area contributed by atoms with Crippen LogP contribution in [0.1, 0.15) is 45.6 Å². The van der Waals surface area contributed by atoms with Crippen LogP contribution in [0.15, 0.2) is 24.3 Å². The summed E-state index contributed by atoms with van der Waals surface area (Å²) in [4.78, 5) is 0. The Kier molecular flexibility index (Phi) is 6.98. The highest BCUT2D eigenvalue weighted by molar-refractivity contribution is 8.55. The predicted octanol–water partition coefficient (Wildman–Crippen LogP) is 5.48. The Balaban J connectivity index is 2.93. The van der Waals surface area contributed by atoms with Crippen molar-refractivity contribution in [2.24, 2.45) is 0 Å². The molecule has 0 bridgehead atoms. The second-order valence-corrected chi connectivity index (χ2v) is 8.60. The lowest BCUT2D eigenvalue weighted by Crippen LogP contribution is -1.99. The molecule has 0 N–H and O–H groups in total. The van der Waals surface area contributed by atoms with Gasteiger partial charge in [0.05, 0.1) is 6.61 Å². The van der Waals surface area contributed by atoms with E-state index in [0.717, 1.165) is 17.7 Å². The van der Waals surface area contributed by atoms with Gasteiger partial charge in [0, 0.05) is 5.75 Å². The Labute approximate surface area is 120 Å². The summed E-state index contributed by atoms with van der Waals surface area (Å²) in [5, 5.41) is 0. The van der Waals surface area contributed by atoms with Gasteiger partial charge in [0.1, 0.15) is 5.75 Å². The molecule has 0 aliphatic heterocycles. The fourth-order valence-corrected chi connectivity index (χ4v) is 5.08. The zero-order valence-electron chi connectivity index (χ0n) is 12.1. The van der Waals surface area contributed by atoms with Crippen molar-refractivity contribution in [3.05, 3.63) is 29.8 Å². The molecular weight excluding hydrogens is 279 g/mol. The van der Waals surface area contributed by atoms with Gasteiger partial charge in [-0.2, -0.15) is 0 Å². The zero-order valence-corrected chi connectivity index (χ0v) is 13.8. The van der Waals surface area contributed by atoms with Crippen molar-refractivity contribution in [2.75, 3.05) is 12.4 Å². The first-order chi connectivity index (χ1) is 9.02. The van der Waals surface area contributed by atoms with Crippen LogP contribution in [-0.2, 0) is 9.09 Å². The maximum absolute atomic E-state index is 12.6. The molecule has 0 saturated heterocycles. The van der Waals surface area contributed by atoms with Crippen molar-refractivity contribution in [3.8, 4) is 5.75 Å². The van der Waals surface area contributed by atoms with Gasteiger partial charge in [-0.1, -0.05) is 39.0 Å². The summed E-state index contributed by atoms with van der Waals surface area (Å²) in [5.74, 6) is 1.75. The van der Waals surface area contributed by atoms with Crippen LogP contribution in [0.2, 0.25) is 0 Å². The minimum absolute atomic E-state index is 0.322. The standard InChI is InChI=1S/C14H23O3PS/c1-5-11-19-18(15,16-6-2)17-14-10-8-7-9-13(14)12(3)4/h7-10,12H,5-6,11H2,1-4H3. The normalized spacial score (nSPS) is 14.4. The van der Waals surface area contributed by atoms with Crippen molar-refractivity contribution in [2.45, 2.75) is 40.0 Å². The second kappa shape index (κ2) is 7.98. The fourth-order valence-electron chi connectivity index (χ4n) is 1.61. The van der Waals surface area contributed by atoms with Crippen molar-refractivity contribution in [1.82, 2.24) is 0 Å². The van der Waals surface area contributed by atoms with E-state index in [0.29, 0.717) is 18.3 Å². The molecule has 108 valence electrons. The molecule has 0 aromatic heterocycles. The number of rotatable bonds is 8. The molecule has 1 aromatic rings. The van der Waals surface area contributed by atoms with Gasteiger partial charge < -0.3 is 4.52 Å². The molecule has 1 atom stereocenters. The smallest absolute Gasteiger partial charge is 0.417 e. The Bertz CT molecular complexity index is 434. The molecule has 0 radical (unpaired) electrons. The molecule has 0 heterocycles. The third-order valence-electron chi connectivity index (χ3n) is 2.49. The van der Waals surface area contributed by atoms with Crippen LogP contribution in [-0.4, -0.2) is 12.4 Å². The summed E-state index contributed by atoms with van der Waals surface area (Å²) in [6, 6.07) is 7.71. The average molecular weight is 302 g/mol. The van der Waals surface area contributed by atoms with Gasteiger partial charge in [-0.05, 0) is 42.3 Å². The topological polar surface area (TPSA) is 35.5 Å². The van der Waals surface area contributed by atoms with E-state index in [4.69, 9.17) is 9.05 Å². The molecule has 0 fully saturated rings. The van der Waals surface area contributed by atoms with Gasteiger partial charge in [-0.25, -0.2) is 4.57 Å². The molecule has 1 unspecified atom stereocenters. The number of para-hydroxylation sites is 1. The van der Waals surface area contributed by atoms with Crippen LogP contribution in [0, 0.1) is 0 Å². The van der Waals surface area contributed by atoms with Crippen LogP contribution >= 0.6 is 18.2 Å². The summed E-state index contributed by atoms with van der Waals surface area (Å²) in [5.41, 5.74) is 1.06. The highest BCUT2D eigenvalue weighted by Gasteiger charge is 2.27. The fraction of sp³-hybridized carbons (Fsp3) is 0.571. The zero-order chi connectivity index (χ0) is 14.3. The third-order valence-corrected chi connectivity index (χ3v) is 6.43. The summed E-state index contributed by atoms with van der Waals surface area (Å²) in [6.07, 6.45) is 0.941. The molecule has 0 aliphatic carbocycles. The number of benzene rings is 1. The Morgan fingerprint density at radius 1 is 1.26 bits per heavy atom. The van der Waals surface area contributed by atoms with E-state index in [9.17, 15) is 4.57 Å². The van der Waals surface area contributed by atoms with E-state index < -0.39 is 6.80 Å². The van der Waals surface area contributed by atoms with Crippen LogP contribution in [0.3, 0.4) is 0 Å². The molecule has 0 aliphatic rings. The van der Waals surface area contributed by atoms with Gasteiger partial charge in [0.2, 0.25) is 0 Å². The monoisotopic (exact) mass is 302 g/mol. The van der Waals surface area contributed by atoms with Gasteiger partial charge in [0.25, 0.3) is 0 Å². The lowest BCUT2D eigenvalue weighted by Gasteiger charge is -2.20. The molecule has 5 heteroatoms. The molecule has 1 rings (SSSR count). The Morgan fingerprint density at radius 2 is 1.95 bits per heavy atom. The van der Waals surface area contributed by atoms with E-state index in [1.807, 2.05) is 38.1 Å². The van der Waals surface area contributed by atoms with Crippen LogP contribution in [0.25, 0.3) is 0 Å². The van der Waals surface area contributed by atoms with E-state index in [-0.39, 0.29) is 0 Å². The average Bonchev–Trinajstić information content (AvgIpc) is 2.37. The maximum atomic E-state index is 12.6. The molecule has 19 heavy (non-hydrogen) atoms. The van der Waals surface area contributed by atoms with Crippen molar-refractivity contribution >= 4 is 18.2 Å². The summed E-state index contributed by atoms with van der Waals surface area (Å²) < 4.78 is 23.7. The Morgan fingerprint density at radius 3 is 2.53 bits per heavy atom. The minimum Gasteiger partial charge on any atom is -0.417 e. The summed E-state index contributed by atoms with van der Waals surface area (Å²) in [6.45, 7) is 5.34. The maximum Gasteiger partial charge on any atom is 0.440 e. The van der Waals surface area contributed by atoms with Gasteiger partial charge in [-0.15, -0.1) is 0 Å². The first-order valence-corrected chi connectivity index (χ1v) is 9.83. The van der Waals surface area contributed by atoms with Crippen molar-refractivity contribution in [1.29, 1.82) is 0 Å². The van der Waals surface area contributed by atoms with Crippen LogP contribution in [0.5, 0.6) is 5.75 Å². The highest BCUT2D eigenvalue weighted by atomic mass is 32.7. The van der Waals surface area contributed by atoms with Crippen LogP contribution < -0.4 is 4.52 Å². The lowest BCUT2D eigenvalue weighted by molar-refractivity contribution is 0.295. The largest absolute Gasteiger partial charge is 0.440 e. The van der Waals surface area contributed by atoms with Crippen molar-refractivity contribution in [3.63, 3.8) is 0 Å². The van der Waals surface area contributed by atoms with Gasteiger partial charge in [0.15, 0.2) is 0 Å². The highest BCUT2D eigenvalue weighted by Crippen LogP contribution is 2.60. The van der Waals surface area contributed by atoms with Crippen molar-refractivity contribution < 1.29 is 13.6 Å². The molecule has 0 saturated carbocycles. The molecular formula is C14H23O3PS. The molecule has 3 nitrogen and oxygen atoms in total. The van der Waals surface area contributed by atoms with Crippen LogP contribution in [0.4, 0.5) is 0 Å². The molecule has 0 spiro atoms. The second-order valence-electron chi connectivity index (χ2n) is 4.48. The molecule has 0 amide bonds. The summed E-state index contributed by atoms with van der Waals surface area (Å²) >= 11 is 1.27. The van der Waals surface area contributed by atoms with Gasteiger partial charge in [-0.3, -0.25) is 4.52 Å². The SMILES string of the molecule is CCCSP(=O)(OCC)Oc1ccccc1C(C)C.